The maximum atomic E-state index is 11.8. The number of hydrazone groups is 1. The lowest BCUT2D eigenvalue weighted by atomic mass is 10.1. The van der Waals surface area contributed by atoms with Crippen molar-refractivity contribution >= 4 is 28.1 Å². The van der Waals surface area contributed by atoms with Gasteiger partial charge in [0.15, 0.2) is 0 Å². The first-order valence-electron chi connectivity index (χ1n) is 5.81. The molecule has 0 fully saturated rings. The molecule has 0 bridgehead atoms. The minimum absolute atomic E-state index is 0.213. The van der Waals surface area contributed by atoms with Gasteiger partial charge in [-0.05, 0) is 36.8 Å². The van der Waals surface area contributed by atoms with Gasteiger partial charge in [0.05, 0.1) is 6.21 Å². The summed E-state index contributed by atoms with van der Waals surface area (Å²) in [5.74, 6) is -0.213. The maximum absolute atomic E-state index is 11.8. The largest absolute Gasteiger partial charge is 0.271 e. The van der Waals surface area contributed by atoms with Gasteiger partial charge in [-0.15, -0.1) is 0 Å². The molecule has 0 heterocycles. The molecule has 1 amide bonds. The SMILES string of the molecule is Cc1cccc(C(=O)N/N=C\c2cccc(Br)c2)c1. The van der Waals surface area contributed by atoms with E-state index in [4.69, 9.17) is 0 Å². The Balaban J connectivity index is 2.01. The van der Waals surface area contributed by atoms with Gasteiger partial charge < -0.3 is 0 Å². The molecule has 19 heavy (non-hydrogen) atoms. The van der Waals surface area contributed by atoms with Crippen molar-refractivity contribution in [2.75, 3.05) is 0 Å². The average Bonchev–Trinajstić information content (AvgIpc) is 2.38. The van der Waals surface area contributed by atoms with Crippen LogP contribution >= 0.6 is 15.9 Å². The monoisotopic (exact) mass is 316 g/mol. The van der Waals surface area contributed by atoms with Gasteiger partial charge in [-0.25, -0.2) is 5.43 Å². The summed E-state index contributed by atoms with van der Waals surface area (Å²) in [5.41, 5.74) is 5.07. The molecule has 0 unspecified atom stereocenters. The Kier molecular flexibility index (Phi) is 4.47. The fourth-order valence-electron chi connectivity index (χ4n) is 1.60. The van der Waals surface area contributed by atoms with E-state index in [0.29, 0.717) is 5.56 Å². The quantitative estimate of drug-likeness (QED) is 0.683. The zero-order valence-corrected chi connectivity index (χ0v) is 12.0. The highest BCUT2D eigenvalue weighted by atomic mass is 79.9. The minimum Gasteiger partial charge on any atom is -0.267 e. The highest BCUT2D eigenvalue weighted by molar-refractivity contribution is 9.10. The summed E-state index contributed by atoms with van der Waals surface area (Å²) in [4.78, 5) is 11.8. The molecule has 2 rings (SSSR count). The summed E-state index contributed by atoms with van der Waals surface area (Å²) in [6, 6.07) is 15.1. The van der Waals surface area contributed by atoms with E-state index < -0.39 is 0 Å². The van der Waals surface area contributed by atoms with Gasteiger partial charge in [0.1, 0.15) is 0 Å². The number of aryl methyl sites for hydroxylation is 1. The zero-order valence-electron chi connectivity index (χ0n) is 10.4. The molecule has 0 atom stereocenters. The number of halogens is 1. The molecule has 0 saturated heterocycles. The lowest BCUT2D eigenvalue weighted by molar-refractivity contribution is 0.0955. The van der Waals surface area contributed by atoms with Crippen LogP contribution in [-0.4, -0.2) is 12.1 Å². The summed E-state index contributed by atoms with van der Waals surface area (Å²) in [5, 5.41) is 3.94. The molecule has 4 heteroatoms. The third-order valence-electron chi connectivity index (χ3n) is 2.51. The van der Waals surface area contributed by atoms with Crippen LogP contribution < -0.4 is 5.43 Å². The van der Waals surface area contributed by atoms with Crippen molar-refractivity contribution in [1.82, 2.24) is 5.43 Å². The predicted octanol–water partition coefficient (Wildman–Crippen LogP) is 3.52. The number of hydrogen-bond acceptors (Lipinski definition) is 2. The summed E-state index contributed by atoms with van der Waals surface area (Å²) in [6.07, 6.45) is 1.61. The van der Waals surface area contributed by atoms with E-state index in [1.165, 1.54) is 0 Å². The molecule has 0 aromatic heterocycles. The molecule has 0 saturated carbocycles. The van der Waals surface area contributed by atoms with E-state index in [9.17, 15) is 4.79 Å². The van der Waals surface area contributed by atoms with Crippen molar-refractivity contribution in [3.8, 4) is 0 Å². The minimum atomic E-state index is -0.213. The summed E-state index contributed by atoms with van der Waals surface area (Å²) < 4.78 is 0.974. The standard InChI is InChI=1S/C15H13BrN2O/c1-11-4-2-6-13(8-11)15(19)18-17-10-12-5-3-7-14(16)9-12/h2-10H,1H3,(H,18,19)/b17-10-. The van der Waals surface area contributed by atoms with Crippen LogP contribution in [0.3, 0.4) is 0 Å². The number of carbonyl (C=O) groups is 1. The number of hydrogen-bond donors (Lipinski definition) is 1. The number of nitrogens with zero attached hydrogens (tertiary/aromatic N) is 1. The van der Waals surface area contributed by atoms with E-state index in [1.54, 1.807) is 12.3 Å². The van der Waals surface area contributed by atoms with Gasteiger partial charge in [0.25, 0.3) is 5.91 Å². The van der Waals surface area contributed by atoms with Crippen LogP contribution in [-0.2, 0) is 0 Å². The van der Waals surface area contributed by atoms with E-state index >= 15 is 0 Å². The first-order valence-corrected chi connectivity index (χ1v) is 6.60. The van der Waals surface area contributed by atoms with Gasteiger partial charge in [-0.3, -0.25) is 4.79 Å². The zero-order chi connectivity index (χ0) is 13.7. The fraction of sp³-hybridized carbons (Fsp3) is 0.0667. The van der Waals surface area contributed by atoms with E-state index in [0.717, 1.165) is 15.6 Å². The third kappa shape index (κ3) is 4.03. The molecule has 2 aromatic carbocycles. The van der Waals surface area contributed by atoms with Gasteiger partial charge >= 0.3 is 0 Å². The highest BCUT2D eigenvalue weighted by Crippen LogP contribution is 2.09. The Morgan fingerprint density at radius 1 is 1.21 bits per heavy atom. The number of amides is 1. The van der Waals surface area contributed by atoms with Crippen molar-refractivity contribution < 1.29 is 4.79 Å². The lowest BCUT2D eigenvalue weighted by Crippen LogP contribution is -2.17. The van der Waals surface area contributed by atoms with Gasteiger partial charge in [-0.1, -0.05) is 45.8 Å². The molecule has 0 aliphatic heterocycles. The van der Waals surface area contributed by atoms with E-state index in [-0.39, 0.29) is 5.91 Å². The smallest absolute Gasteiger partial charge is 0.267 e. The molecular formula is C15H13BrN2O. The Hall–Kier alpha value is -1.94. The Bertz CT molecular complexity index is 623. The molecule has 3 nitrogen and oxygen atoms in total. The van der Waals surface area contributed by atoms with Crippen LogP contribution in [0.25, 0.3) is 0 Å². The van der Waals surface area contributed by atoms with Crippen LogP contribution in [0, 0.1) is 6.92 Å². The summed E-state index contributed by atoms with van der Waals surface area (Å²) >= 11 is 3.38. The van der Waals surface area contributed by atoms with Crippen LogP contribution in [0.2, 0.25) is 0 Å². The Morgan fingerprint density at radius 2 is 2.00 bits per heavy atom. The number of benzene rings is 2. The van der Waals surface area contributed by atoms with Gasteiger partial charge in [0.2, 0.25) is 0 Å². The lowest BCUT2D eigenvalue weighted by Gasteiger charge is -2.00. The molecule has 0 aliphatic rings. The second-order valence-corrected chi connectivity index (χ2v) is 5.04. The first kappa shape index (κ1) is 13.5. The van der Waals surface area contributed by atoms with Crippen molar-refractivity contribution in [3.05, 3.63) is 69.7 Å². The van der Waals surface area contributed by atoms with Crippen molar-refractivity contribution in [2.24, 2.45) is 5.10 Å². The normalized spacial score (nSPS) is 10.6. The van der Waals surface area contributed by atoms with E-state index in [2.05, 4.69) is 26.5 Å². The second-order valence-electron chi connectivity index (χ2n) is 4.12. The third-order valence-corrected chi connectivity index (χ3v) is 3.00. The maximum Gasteiger partial charge on any atom is 0.271 e. The summed E-state index contributed by atoms with van der Waals surface area (Å²) in [7, 11) is 0. The predicted molar refractivity (Wildman–Crippen MR) is 80.4 cm³/mol. The topological polar surface area (TPSA) is 41.5 Å². The van der Waals surface area contributed by atoms with Crippen LogP contribution in [0.4, 0.5) is 0 Å². The van der Waals surface area contributed by atoms with Crippen LogP contribution in [0.15, 0.2) is 58.1 Å². The summed E-state index contributed by atoms with van der Waals surface area (Å²) in [6.45, 7) is 1.95. The number of nitrogens with one attached hydrogen (secondary N) is 1. The molecule has 0 spiro atoms. The molecule has 1 N–H and O–H groups in total. The van der Waals surface area contributed by atoms with Crippen molar-refractivity contribution in [1.29, 1.82) is 0 Å². The highest BCUT2D eigenvalue weighted by Gasteiger charge is 2.02. The Labute approximate surface area is 120 Å². The fourth-order valence-corrected chi connectivity index (χ4v) is 2.02. The van der Waals surface area contributed by atoms with Crippen LogP contribution in [0.1, 0.15) is 21.5 Å². The first-order chi connectivity index (χ1) is 9.15. The van der Waals surface area contributed by atoms with Crippen molar-refractivity contribution in [2.45, 2.75) is 6.92 Å². The van der Waals surface area contributed by atoms with Crippen molar-refractivity contribution in [3.63, 3.8) is 0 Å². The van der Waals surface area contributed by atoms with Gasteiger partial charge in [-0.2, -0.15) is 5.10 Å². The molecule has 0 aliphatic carbocycles. The van der Waals surface area contributed by atoms with Crippen LogP contribution in [0.5, 0.6) is 0 Å². The molecule has 0 radical (unpaired) electrons. The molecular weight excluding hydrogens is 304 g/mol. The Morgan fingerprint density at radius 3 is 2.74 bits per heavy atom. The second kappa shape index (κ2) is 6.29. The number of rotatable bonds is 3. The molecule has 2 aromatic rings. The molecule has 96 valence electrons. The number of carbonyl (C=O) groups excluding carboxylic acids is 1. The van der Waals surface area contributed by atoms with Gasteiger partial charge in [0, 0.05) is 10.0 Å². The van der Waals surface area contributed by atoms with E-state index in [1.807, 2.05) is 49.4 Å². The average molecular weight is 317 g/mol.